The number of rotatable bonds is 56. The molecule has 0 spiro atoms. The van der Waals surface area contributed by atoms with Crippen LogP contribution in [-0.4, -0.2) is 46.1 Å². The number of carbonyl (C=O) groups excluding carboxylic acids is 1. The fourth-order valence-corrected chi connectivity index (χ4v) is 9.72. The molecule has 0 aliphatic carbocycles. The molecule has 0 saturated carbocycles. The second-order valence-corrected chi connectivity index (χ2v) is 20.9. The van der Waals surface area contributed by atoms with E-state index in [0.29, 0.717) is 6.42 Å². The second kappa shape index (κ2) is 55.7. The van der Waals surface area contributed by atoms with Gasteiger partial charge in [-0.2, -0.15) is 0 Å². The third-order valence-electron chi connectivity index (χ3n) is 14.4. The van der Waals surface area contributed by atoms with E-state index in [2.05, 4.69) is 19.2 Å². The normalized spacial score (nSPS) is 13.2. The molecule has 0 radical (unpaired) electrons. The van der Waals surface area contributed by atoms with Crippen molar-refractivity contribution in [3.8, 4) is 0 Å². The summed E-state index contributed by atoms with van der Waals surface area (Å²) in [5.74, 6) is -0.497. The molecule has 0 saturated heterocycles. The Kier molecular flexibility index (Phi) is 54.9. The van der Waals surface area contributed by atoms with Crippen molar-refractivity contribution in [2.75, 3.05) is 6.61 Å². The van der Waals surface area contributed by atoms with E-state index in [1.807, 2.05) is 6.08 Å². The average molecular weight is 919 g/mol. The minimum Gasteiger partial charge on any atom is -0.394 e. The summed E-state index contributed by atoms with van der Waals surface area (Å²) >= 11 is 0. The number of allylic oxidation sites excluding steroid dienone is 1. The van der Waals surface area contributed by atoms with Crippen molar-refractivity contribution >= 4 is 5.91 Å². The van der Waals surface area contributed by atoms with Crippen molar-refractivity contribution in [2.24, 2.45) is 0 Å². The first-order valence-electron chi connectivity index (χ1n) is 30.0. The predicted octanol–water partition coefficient (Wildman–Crippen LogP) is 18.7. The molecule has 3 atom stereocenters. The van der Waals surface area contributed by atoms with Crippen LogP contribution in [0.5, 0.6) is 0 Å². The smallest absolute Gasteiger partial charge is 0.249 e. The SMILES string of the molecule is CCCCCCCCCCCCC/C=C/C(O)C(CO)NC(=O)C(O)CCCCCCCCCCCCCCCCCCCCCCCCCCCCCCCCCCCCCCCC. The molecule has 0 aromatic rings. The highest BCUT2D eigenvalue weighted by Crippen LogP contribution is 2.19. The Labute approximate surface area is 408 Å². The van der Waals surface area contributed by atoms with E-state index >= 15 is 0 Å². The zero-order valence-corrected chi connectivity index (χ0v) is 44.4. The molecule has 0 aromatic carbocycles. The van der Waals surface area contributed by atoms with E-state index in [9.17, 15) is 20.1 Å². The van der Waals surface area contributed by atoms with Gasteiger partial charge in [0.15, 0.2) is 0 Å². The molecule has 0 bridgehead atoms. The highest BCUT2D eigenvalue weighted by molar-refractivity contribution is 5.80. The van der Waals surface area contributed by atoms with E-state index < -0.39 is 24.2 Å². The van der Waals surface area contributed by atoms with Gasteiger partial charge in [0.05, 0.1) is 18.8 Å². The molecule has 0 heterocycles. The highest BCUT2D eigenvalue weighted by Gasteiger charge is 2.22. The number of unbranched alkanes of at least 4 members (excludes halogenated alkanes) is 48. The summed E-state index contributed by atoms with van der Waals surface area (Å²) in [7, 11) is 0. The average Bonchev–Trinajstić information content (AvgIpc) is 3.31. The third kappa shape index (κ3) is 50.8. The van der Waals surface area contributed by atoms with Crippen molar-refractivity contribution in [2.45, 2.75) is 360 Å². The lowest BCUT2D eigenvalue weighted by Crippen LogP contribution is -2.48. The first-order valence-corrected chi connectivity index (χ1v) is 30.0. The van der Waals surface area contributed by atoms with Crippen LogP contribution in [0, 0.1) is 0 Å². The van der Waals surface area contributed by atoms with Gasteiger partial charge in [-0.05, 0) is 19.3 Å². The predicted molar refractivity (Wildman–Crippen MR) is 287 cm³/mol. The number of aliphatic hydroxyl groups is 3. The molecule has 388 valence electrons. The van der Waals surface area contributed by atoms with Crippen LogP contribution in [0.4, 0.5) is 0 Å². The van der Waals surface area contributed by atoms with Crippen LogP contribution in [0.1, 0.15) is 341 Å². The number of aliphatic hydroxyl groups excluding tert-OH is 3. The van der Waals surface area contributed by atoms with E-state index in [0.717, 1.165) is 32.1 Å². The van der Waals surface area contributed by atoms with Gasteiger partial charge in [0, 0.05) is 0 Å². The number of amides is 1. The number of hydrogen-bond donors (Lipinski definition) is 4. The molecule has 5 nitrogen and oxygen atoms in total. The molecule has 1 amide bonds. The van der Waals surface area contributed by atoms with E-state index in [1.165, 1.54) is 289 Å². The van der Waals surface area contributed by atoms with Crippen molar-refractivity contribution in [1.29, 1.82) is 0 Å². The molecule has 5 heteroatoms. The highest BCUT2D eigenvalue weighted by atomic mass is 16.3. The molecule has 65 heavy (non-hydrogen) atoms. The van der Waals surface area contributed by atoms with Gasteiger partial charge in [-0.25, -0.2) is 0 Å². The number of hydrogen-bond acceptors (Lipinski definition) is 4. The lowest BCUT2D eigenvalue weighted by atomic mass is 10.0. The third-order valence-corrected chi connectivity index (χ3v) is 14.4. The van der Waals surface area contributed by atoms with Crippen LogP contribution >= 0.6 is 0 Å². The summed E-state index contributed by atoms with van der Waals surface area (Å²) in [4.78, 5) is 12.5. The van der Waals surface area contributed by atoms with Crippen LogP contribution in [0.3, 0.4) is 0 Å². The van der Waals surface area contributed by atoms with Crippen molar-refractivity contribution in [1.82, 2.24) is 5.32 Å². The minimum absolute atomic E-state index is 0.359. The van der Waals surface area contributed by atoms with E-state index in [-0.39, 0.29) is 6.61 Å². The monoisotopic (exact) mass is 918 g/mol. The fourth-order valence-electron chi connectivity index (χ4n) is 9.72. The molecule has 3 unspecified atom stereocenters. The molecule has 0 fully saturated rings. The van der Waals surface area contributed by atoms with Gasteiger partial charge in [0.1, 0.15) is 6.10 Å². The largest absolute Gasteiger partial charge is 0.394 e. The molecule has 0 aliphatic rings. The fraction of sp³-hybridized carbons (Fsp3) is 0.950. The topological polar surface area (TPSA) is 89.8 Å². The van der Waals surface area contributed by atoms with E-state index in [1.54, 1.807) is 6.08 Å². The Bertz CT molecular complexity index is 925. The summed E-state index contributed by atoms with van der Waals surface area (Å²) in [6.07, 6.45) is 70.5. The van der Waals surface area contributed by atoms with Gasteiger partial charge < -0.3 is 20.6 Å². The summed E-state index contributed by atoms with van der Waals surface area (Å²) < 4.78 is 0. The molecule has 0 aromatic heterocycles. The number of nitrogens with one attached hydrogen (secondary N) is 1. The zero-order chi connectivity index (χ0) is 47.2. The van der Waals surface area contributed by atoms with Crippen LogP contribution in [0.15, 0.2) is 12.2 Å². The van der Waals surface area contributed by atoms with Gasteiger partial charge in [-0.1, -0.05) is 334 Å². The Morgan fingerprint density at radius 1 is 0.369 bits per heavy atom. The van der Waals surface area contributed by atoms with Gasteiger partial charge in [-0.3, -0.25) is 4.79 Å². The maximum absolute atomic E-state index is 12.5. The molecular weight excluding hydrogens is 799 g/mol. The lowest BCUT2D eigenvalue weighted by Gasteiger charge is -2.21. The van der Waals surface area contributed by atoms with Crippen LogP contribution < -0.4 is 5.32 Å². The first kappa shape index (κ1) is 64.1. The molecule has 0 aliphatic heterocycles. The van der Waals surface area contributed by atoms with Crippen LogP contribution in [0.2, 0.25) is 0 Å². The summed E-state index contributed by atoms with van der Waals surface area (Å²) in [6.45, 7) is 4.21. The van der Waals surface area contributed by atoms with Crippen LogP contribution in [0.25, 0.3) is 0 Å². The summed E-state index contributed by atoms with van der Waals surface area (Å²) in [6, 6.07) is -0.793. The summed E-state index contributed by atoms with van der Waals surface area (Å²) in [5, 5.41) is 33.3. The number of carbonyl (C=O) groups is 1. The van der Waals surface area contributed by atoms with E-state index in [4.69, 9.17) is 0 Å². The van der Waals surface area contributed by atoms with Crippen molar-refractivity contribution in [3.63, 3.8) is 0 Å². The van der Waals surface area contributed by atoms with Crippen molar-refractivity contribution in [3.05, 3.63) is 12.2 Å². The zero-order valence-electron chi connectivity index (χ0n) is 44.4. The Morgan fingerprint density at radius 2 is 0.600 bits per heavy atom. The Morgan fingerprint density at radius 3 is 0.846 bits per heavy atom. The molecular formula is C60H119NO4. The van der Waals surface area contributed by atoms with Gasteiger partial charge in [0.2, 0.25) is 5.91 Å². The molecule has 0 rings (SSSR count). The minimum atomic E-state index is -1.09. The maximum Gasteiger partial charge on any atom is 0.249 e. The maximum atomic E-state index is 12.5. The van der Waals surface area contributed by atoms with Gasteiger partial charge in [-0.15, -0.1) is 0 Å². The molecule has 4 N–H and O–H groups in total. The quantitative estimate of drug-likeness (QED) is 0.0361. The summed E-state index contributed by atoms with van der Waals surface area (Å²) in [5.41, 5.74) is 0. The van der Waals surface area contributed by atoms with Crippen LogP contribution in [-0.2, 0) is 4.79 Å². The van der Waals surface area contributed by atoms with Gasteiger partial charge in [0.25, 0.3) is 0 Å². The lowest BCUT2D eigenvalue weighted by molar-refractivity contribution is -0.131. The standard InChI is InChI=1S/C60H119NO4/c1-3-5-7-9-11-13-15-17-18-19-20-21-22-23-24-25-26-27-28-29-30-31-32-33-34-35-36-37-38-39-40-41-43-45-47-49-51-53-55-59(64)60(65)61-57(56-62)58(63)54-52-50-48-46-44-42-16-14-12-10-8-6-4-2/h52,54,57-59,62-64H,3-51,53,55-56H2,1-2H3,(H,61,65)/b54-52+. The van der Waals surface area contributed by atoms with Gasteiger partial charge >= 0.3 is 0 Å². The first-order chi connectivity index (χ1) is 32.1. The second-order valence-electron chi connectivity index (χ2n) is 20.9. The Hall–Kier alpha value is -0.910. The van der Waals surface area contributed by atoms with Crippen molar-refractivity contribution < 1.29 is 20.1 Å². The Balaban J connectivity index is 3.40.